The van der Waals surface area contributed by atoms with Crippen molar-refractivity contribution in [2.24, 2.45) is 0 Å². The molecule has 0 radical (unpaired) electrons. The summed E-state index contributed by atoms with van der Waals surface area (Å²) in [6.45, 7) is 7.02. The molecule has 0 amide bonds. The number of anilines is 1. The van der Waals surface area contributed by atoms with Gasteiger partial charge in [-0.15, -0.1) is 11.3 Å². The fourth-order valence-electron chi connectivity index (χ4n) is 1.47. The third-order valence-electron chi connectivity index (χ3n) is 2.44. The quantitative estimate of drug-likeness (QED) is 0.885. The van der Waals surface area contributed by atoms with Crippen molar-refractivity contribution in [1.82, 2.24) is 9.97 Å². The summed E-state index contributed by atoms with van der Waals surface area (Å²) in [5.41, 5.74) is 1.36. The van der Waals surface area contributed by atoms with Gasteiger partial charge >= 0.3 is 0 Å². The topological polar surface area (TPSA) is 37.8 Å². The number of aromatic nitrogens is 2. The first-order valence-corrected chi connectivity index (χ1v) is 6.06. The molecule has 2 aromatic heterocycles. The van der Waals surface area contributed by atoms with E-state index in [1.807, 2.05) is 24.3 Å². The number of nitrogens with one attached hydrogen (secondary N) is 1. The molecule has 0 unspecified atom stereocenters. The van der Waals surface area contributed by atoms with E-state index in [1.165, 1.54) is 15.3 Å². The first-order valence-electron chi connectivity index (χ1n) is 5.24. The second-order valence-corrected chi connectivity index (χ2v) is 5.14. The first-order chi connectivity index (χ1) is 7.65. The summed E-state index contributed by atoms with van der Waals surface area (Å²) in [7, 11) is 0. The van der Waals surface area contributed by atoms with E-state index < -0.39 is 0 Å². The van der Waals surface area contributed by atoms with Crippen molar-refractivity contribution in [3.05, 3.63) is 39.5 Å². The molecule has 0 atom stereocenters. The molecule has 16 heavy (non-hydrogen) atoms. The molecule has 0 fully saturated rings. The van der Waals surface area contributed by atoms with Gasteiger partial charge in [-0.2, -0.15) is 0 Å². The summed E-state index contributed by atoms with van der Waals surface area (Å²) in [5, 5.41) is 3.30. The fourth-order valence-corrected chi connectivity index (χ4v) is 2.46. The maximum Gasteiger partial charge on any atom is 0.129 e. The van der Waals surface area contributed by atoms with Crippen LogP contribution in [0, 0.1) is 20.8 Å². The van der Waals surface area contributed by atoms with Crippen LogP contribution in [0.25, 0.3) is 0 Å². The van der Waals surface area contributed by atoms with Gasteiger partial charge in [0, 0.05) is 16.0 Å². The molecule has 0 saturated carbocycles. The number of thiophene rings is 1. The molecule has 4 heteroatoms. The molecule has 0 saturated heterocycles. The van der Waals surface area contributed by atoms with Crippen LogP contribution in [0.1, 0.15) is 21.1 Å². The predicted octanol–water partition coefficient (Wildman–Crippen LogP) is 3.08. The van der Waals surface area contributed by atoms with E-state index in [-0.39, 0.29) is 0 Å². The van der Waals surface area contributed by atoms with Gasteiger partial charge in [0.25, 0.3) is 0 Å². The summed E-state index contributed by atoms with van der Waals surface area (Å²) in [4.78, 5) is 11.1. The van der Waals surface area contributed by atoms with Gasteiger partial charge in [-0.1, -0.05) is 0 Å². The number of rotatable bonds is 3. The lowest BCUT2D eigenvalue weighted by molar-refractivity contribution is 1.03. The van der Waals surface area contributed by atoms with Crippen molar-refractivity contribution >= 4 is 17.2 Å². The van der Waals surface area contributed by atoms with Crippen molar-refractivity contribution in [3.63, 3.8) is 0 Å². The van der Waals surface area contributed by atoms with E-state index in [4.69, 9.17) is 0 Å². The highest BCUT2D eigenvalue weighted by Crippen LogP contribution is 2.21. The summed E-state index contributed by atoms with van der Waals surface area (Å²) in [6.07, 6.45) is 1.77. The molecule has 2 aromatic rings. The van der Waals surface area contributed by atoms with E-state index in [2.05, 4.69) is 35.2 Å². The van der Waals surface area contributed by atoms with Crippen LogP contribution in [0.3, 0.4) is 0 Å². The molecule has 3 nitrogen and oxygen atoms in total. The zero-order valence-electron chi connectivity index (χ0n) is 9.74. The molecule has 0 spiro atoms. The molecule has 0 bridgehead atoms. The van der Waals surface area contributed by atoms with E-state index in [1.54, 1.807) is 6.20 Å². The Morgan fingerprint density at radius 3 is 2.75 bits per heavy atom. The van der Waals surface area contributed by atoms with E-state index >= 15 is 0 Å². The number of hydrogen-bond donors (Lipinski definition) is 1. The van der Waals surface area contributed by atoms with Crippen LogP contribution in [0.15, 0.2) is 18.3 Å². The lowest BCUT2D eigenvalue weighted by Gasteiger charge is -2.03. The molecule has 0 aromatic carbocycles. The Hall–Kier alpha value is -1.42. The van der Waals surface area contributed by atoms with Crippen molar-refractivity contribution in [1.29, 1.82) is 0 Å². The fraction of sp³-hybridized carbons (Fsp3) is 0.333. The Morgan fingerprint density at radius 1 is 1.31 bits per heavy atom. The molecule has 2 heterocycles. The number of aryl methyl sites for hydroxylation is 3. The van der Waals surface area contributed by atoms with E-state index in [0.29, 0.717) is 0 Å². The third kappa shape index (κ3) is 2.58. The molecule has 84 valence electrons. The summed E-state index contributed by atoms with van der Waals surface area (Å²) >= 11 is 1.83. The van der Waals surface area contributed by atoms with Gasteiger partial charge in [-0.05, 0) is 38.5 Å². The summed E-state index contributed by atoms with van der Waals surface area (Å²) < 4.78 is 0. The zero-order chi connectivity index (χ0) is 11.5. The Balaban J connectivity index is 2.02. The smallest absolute Gasteiger partial charge is 0.129 e. The lowest BCUT2D eigenvalue weighted by Crippen LogP contribution is -2.01. The SMILES string of the molecule is Cc1nccc(NCc2cc(C)c(C)s2)n1. The average Bonchev–Trinajstić information content (AvgIpc) is 2.56. The minimum absolute atomic E-state index is 0.795. The maximum atomic E-state index is 4.30. The zero-order valence-corrected chi connectivity index (χ0v) is 10.6. The van der Waals surface area contributed by atoms with E-state index in [9.17, 15) is 0 Å². The summed E-state index contributed by atoms with van der Waals surface area (Å²) in [5.74, 6) is 1.68. The monoisotopic (exact) mass is 233 g/mol. The van der Waals surface area contributed by atoms with Gasteiger partial charge in [-0.3, -0.25) is 0 Å². The molecule has 1 N–H and O–H groups in total. The van der Waals surface area contributed by atoms with Crippen LogP contribution < -0.4 is 5.32 Å². The van der Waals surface area contributed by atoms with Gasteiger partial charge < -0.3 is 5.32 Å². The van der Waals surface area contributed by atoms with Crippen molar-refractivity contribution in [3.8, 4) is 0 Å². The molecule has 2 rings (SSSR count). The van der Waals surface area contributed by atoms with Crippen molar-refractivity contribution < 1.29 is 0 Å². The van der Waals surface area contributed by atoms with Gasteiger partial charge in [0.15, 0.2) is 0 Å². The minimum atomic E-state index is 0.795. The molecule has 0 aliphatic rings. The van der Waals surface area contributed by atoms with Crippen LogP contribution in [0.5, 0.6) is 0 Å². The van der Waals surface area contributed by atoms with Crippen LogP contribution in [0.2, 0.25) is 0 Å². The Labute approximate surface area is 99.6 Å². The normalized spacial score (nSPS) is 10.4. The van der Waals surface area contributed by atoms with Crippen LogP contribution in [-0.2, 0) is 6.54 Å². The standard InChI is InChI=1S/C12H15N3S/c1-8-6-11(16-9(8)2)7-14-12-4-5-13-10(3)15-12/h4-6H,7H2,1-3H3,(H,13,14,15). The summed E-state index contributed by atoms with van der Waals surface area (Å²) in [6, 6.07) is 4.11. The van der Waals surface area contributed by atoms with Crippen LogP contribution in [0.4, 0.5) is 5.82 Å². The maximum absolute atomic E-state index is 4.30. The first kappa shape index (κ1) is 11.1. The molecule has 0 aliphatic heterocycles. The largest absolute Gasteiger partial charge is 0.365 e. The van der Waals surface area contributed by atoms with Gasteiger partial charge in [0.1, 0.15) is 11.6 Å². The van der Waals surface area contributed by atoms with Crippen molar-refractivity contribution in [2.45, 2.75) is 27.3 Å². The minimum Gasteiger partial charge on any atom is -0.365 e. The van der Waals surface area contributed by atoms with E-state index in [0.717, 1.165) is 18.2 Å². The number of nitrogens with zero attached hydrogens (tertiary/aromatic N) is 2. The van der Waals surface area contributed by atoms with Gasteiger partial charge in [0.05, 0.1) is 6.54 Å². The molecular formula is C12H15N3S. The van der Waals surface area contributed by atoms with Crippen LogP contribution >= 0.6 is 11.3 Å². The lowest BCUT2D eigenvalue weighted by atomic mass is 10.3. The Bertz CT molecular complexity index is 471. The second kappa shape index (κ2) is 4.61. The van der Waals surface area contributed by atoms with Gasteiger partial charge in [-0.25, -0.2) is 9.97 Å². The molecule has 0 aliphatic carbocycles. The second-order valence-electron chi connectivity index (χ2n) is 3.79. The average molecular weight is 233 g/mol. The predicted molar refractivity (Wildman–Crippen MR) is 67.9 cm³/mol. The van der Waals surface area contributed by atoms with Crippen LogP contribution in [-0.4, -0.2) is 9.97 Å². The Kier molecular flexibility index (Phi) is 3.19. The Morgan fingerprint density at radius 2 is 2.12 bits per heavy atom. The highest BCUT2D eigenvalue weighted by molar-refractivity contribution is 7.12. The molecular weight excluding hydrogens is 218 g/mol. The highest BCUT2D eigenvalue weighted by Gasteiger charge is 2.01. The third-order valence-corrected chi connectivity index (χ3v) is 3.59. The van der Waals surface area contributed by atoms with Crippen molar-refractivity contribution in [2.75, 3.05) is 5.32 Å². The highest BCUT2D eigenvalue weighted by atomic mass is 32.1. The van der Waals surface area contributed by atoms with Gasteiger partial charge in [0.2, 0.25) is 0 Å². The number of hydrogen-bond acceptors (Lipinski definition) is 4.